The van der Waals surface area contributed by atoms with Crippen LogP contribution in [0.1, 0.15) is 13.3 Å². The zero-order valence-electron chi connectivity index (χ0n) is 9.01. The van der Waals surface area contributed by atoms with E-state index in [1.165, 1.54) is 0 Å². The van der Waals surface area contributed by atoms with Gasteiger partial charge in [-0.2, -0.15) is 0 Å². The van der Waals surface area contributed by atoms with Crippen LogP contribution in [0.4, 0.5) is 0 Å². The van der Waals surface area contributed by atoms with E-state index in [1.807, 2.05) is 0 Å². The summed E-state index contributed by atoms with van der Waals surface area (Å²) in [4.78, 5) is 31.8. The molecule has 0 heterocycles. The summed E-state index contributed by atoms with van der Waals surface area (Å²) in [5, 5.41) is 27.9. The number of quaternary nitrogens is 1. The molecule has 0 spiro atoms. The minimum absolute atomic E-state index is 0. The predicted octanol–water partition coefficient (Wildman–Crippen LogP) is -3.81. The second-order valence-electron chi connectivity index (χ2n) is 3.70. The van der Waals surface area contributed by atoms with Crippen LogP contribution in [-0.2, 0) is 14.4 Å². The van der Waals surface area contributed by atoms with Gasteiger partial charge in [-0.25, -0.2) is 9.59 Å². The zero-order chi connectivity index (χ0) is 12.8. The van der Waals surface area contributed by atoms with Crippen LogP contribution in [0.25, 0.3) is 0 Å². The van der Waals surface area contributed by atoms with Gasteiger partial charge in [0.25, 0.3) is 0 Å². The summed E-state index contributed by atoms with van der Waals surface area (Å²) in [6, 6.07) is 0. The van der Waals surface area contributed by atoms with Crippen molar-refractivity contribution < 1.29 is 34.2 Å². The molecule has 0 aliphatic rings. The molecule has 0 aromatic heterocycles. The van der Waals surface area contributed by atoms with Gasteiger partial charge in [-0.05, 0) is 6.42 Å². The zero-order valence-corrected chi connectivity index (χ0v) is 9.01. The molecular formula is C9H18NNa3O6. The van der Waals surface area contributed by atoms with Gasteiger partial charge in [-0.1, -0.05) is 6.92 Å². The first kappa shape index (κ1) is 28.5. The number of aliphatic carboxylic acids is 3. The monoisotopic (exact) mass is 305 g/mol. The van der Waals surface area contributed by atoms with Crippen molar-refractivity contribution in [2.75, 3.05) is 26.2 Å². The number of hydrogen-bond donors (Lipinski definition) is 2. The molecule has 98 valence electrons. The fourth-order valence-corrected chi connectivity index (χ4v) is 1.73. The van der Waals surface area contributed by atoms with E-state index >= 15 is 0 Å². The molecule has 0 aliphatic carbocycles. The molecule has 0 radical (unpaired) electrons. The third-order valence-corrected chi connectivity index (χ3v) is 2.10. The van der Waals surface area contributed by atoms with E-state index in [4.69, 9.17) is 10.2 Å². The van der Waals surface area contributed by atoms with Crippen molar-refractivity contribution in [3.05, 3.63) is 0 Å². The van der Waals surface area contributed by atoms with E-state index in [0.717, 1.165) is 0 Å². The number of carboxylic acids is 3. The van der Waals surface area contributed by atoms with Crippen molar-refractivity contribution in [3.8, 4) is 0 Å². The van der Waals surface area contributed by atoms with Gasteiger partial charge in [0.15, 0.2) is 13.1 Å². The minimum atomic E-state index is -1.45. The molecule has 0 fully saturated rings. The van der Waals surface area contributed by atoms with Gasteiger partial charge in [-0.3, -0.25) is 0 Å². The Morgan fingerprint density at radius 3 is 1.53 bits per heavy atom. The molecule has 0 rings (SSSR count). The van der Waals surface area contributed by atoms with Crippen LogP contribution in [-0.4, -0.2) is 147 Å². The maximum atomic E-state index is 10.6. The Kier molecular flexibility index (Phi) is 21.5. The molecule has 0 saturated heterocycles. The normalized spacial score (nSPS) is 9.32. The van der Waals surface area contributed by atoms with Crippen molar-refractivity contribution in [2.24, 2.45) is 0 Å². The van der Waals surface area contributed by atoms with Gasteiger partial charge in [-0.15, -0.1) is 0 Å². The maximum absolute atomic E-state index is 10.6. The van der Waals surface area contributed by atoms with E-state index in [-0.39, 0.29) is 95.2 Å². The van der Waals surface area contributed by atoms with Gasteiger partial charge in [0.1, 0.15) is 6.54 Å². The molecule has 0 aromatic rings. The quantitative estimate of drug-likeness (QED) is 0.351. The van der Waals surface area contributed by atoms with Crippen LogP contribution in [0.5, 0.6) is 0 Å². The van der Waals surface area contributed by atoms with E-state index in [2.05, 4.69) is 0 Å². The summed E-state index contributed by atoms with van der Waals surface area (Å²) in [6.45, 7) is 0.229. The Hall–Kier alpha value is 1.37. The molecule has 0 aliphatic heterocycles. The van der Waals surface area contributed by atoms with Crippen molar-refractivity contribution in [2.45, 2.75) is 13.3 Å². The number of rotatable bonds is 8. The number of nitrogens with zero attached hydrogens (tertiary/aromatic N) is 1. The summed E-state index contributed by atoms with van der Waals surface area (Å²) >= 11 is 0. The van der Waals surface area contributed by atoms with Crippen LogP contribution >= 0.6 is 0 Å². The topological polar surface area (TPSA) is 115 Å². The van der Waals surface area contributed by atoms with Crippen molar-refractivity contribution in [1.29, 1.82) is 0 Å². The molecule has 0 atom stereocenters. The van der Waals surface area contributed by atoms with Crippen LogP contribution in [0.15, 0.2) is 0 Å². The molecular weight excluding hydrogens is 287 g/mol. The molecule has 0 aromatic carbocycles. The summed E-state index contributed by atoms with van der Waals surface area (Å²) in [6.07, 6.45) is 0.494. The van der Waals surface area contributed by atoms with Crippen molar-refractivity contribution in [1.82, 2.24) is 0 Å². The first-order valence-electron chi connectivity index (χ1n) is 4.80. The summed E-state index contributed by atoms with van der Waals surface area (Å²) in [5.41, 5.74) is 0. The summed E-state index contributed by atoms with van der Waals surface area (Å²) < 4.78 is -0.524. The Morgan fingerprint density at radius 1 is 0.947 bits per heavy atom. The third-order valence-electron chi connectivity index (χ3n) is 2.10. The second-order valence-corrected chi connectivity index (χ2v) is 3.70. The average molecular weight is 305 g/mol. The third kappa shape index (κ3) is 14.1. The first-order valence-corrected chi connectivity index (χ1v) is 4.80. The van der Waals surface area contributed by atoms with Crippen LogP contribution in [0.2, 0.25) is 0 Å². The van der Waals surface area contributed by atoms with E-state index in [9.17, 15) is 19.5 Å². The first-order chi connectivity index (χ1) is 7.31. The van der Waals surface area contributed by atoms with Crippen molar-refractivity contribution >= 4 is 107 Å². The summed E-state index contributed by atoms with van der Waals surface area (Å²) in [5.74, 6) is -3.90. The molecule has 19 heavy (non-hydrogen) atoms. The van der Waals surface area contributed by atoms with Crippen LogP contribution in [0, 0.1) is 0 Å². The number of carbonyl (C=O) groups is 3. The van der Waals surface area contributed by atoms with Gasteiger partial charge in [0, 0.05) is 0 Å². The molecule has 0 bridgehead atoms. The molecule has 0 unspecified atom stereocenters. The molecule has 0 saturated carbocycles. The van der Waals surface area contributed by atoms with Gasteiger partial charge in [0.2, 0.25) is 0 Å². The fourth-order valence-electron chi connectivity index (χ4n) is 1.73. The van der Waals surface area contributed by atoms with E-state index < -0.39 is 42.0 Å². The number of carbonyl (C=O) groups excluding carboxylic acids is 1. The van der Waals surface area contributed by atoms with Crippen molar-refractivity contribution in [3.63, 3.8) is 0 Å². The standard InChI is InChI=1S/C9H15NO6.3Na.3H/c1-2-3-10(4-7(11)12,5-8(13)14)6-9(15)16;;;;;;/h2-6H2,1H3,(H2-,11,12,13,14,15,16);;;;;;. The van der Waals surface area contributed by atoms with E-state index in [1.54, 1.807) is 6.92 Å². The van der Waals surface area contributed by atoms with Gasteiger partial charge < -0.3 is 24.6 Å². The Balaban J connectivity index is -0.000000375. The second kappa shape index (κ2) is 14.3. The average Bonchev–Trinajstić information content (AvgIpc) is 1.98. The number of hydrogen-bond acceptors (Lipinski definition) is 4. The number of carboxylic acid groups (broad SMARTS) is 3. The Labute approximate surface area is 178 Å². The van der Waals surface area contributed by atoms with Gasteiger partial charge >= 0.3 is 101 Å². The van der Waals surface area contributed by atoms with Gasteiger partial charge in [0.05, 0.1) is 12.5 Å². The SMILES string of the molecule is CCC[N+](CC(=O)[O-])(CC(=O)O)CC(=O)O.[NaH].[NaH].[NaH]. The Bertz CT molecular complexity index is 259. The fraction of sp³-hybridized carbons (Fsp3) is 0.667. The van der Waals surface area contributed by atoms with Crippen LogP contribution < -0.4 is 5.11 Å². The van der Waals surface area contributed by atoms with Crippen LogP contribution in [0.3, 0.4) is 0 Å². The molecule has 10 heteroatoms. The molecule has 7 nitrogen and oxygen atoms in total. The molecule has 2 N–H and O–H groups in total. The molecule has 0 amide bonds. The Morgan fingerprint density at radius 2 is 1.32 bits per heavy atom. The van der Waals surface area contributed by atoms with E-state index in [0.29, 0.717) is 6.42 Å². The predicted molar refractivity (Wildman–Crippen MR) is 71.7 cm³/mol. The summed E-state index contributed by atoms with van der Waals surface area (Å²) in [7, 11) is 0.